The van der Waals surface area contributed by atoms with E-state index < -0.39 is 18.2 Å². The molecule has 0 spiro atoms. The molecule has 162 valence electrons. The van der Waals surface area contributed by atoms with Crippen LogP contribution in [0, 0.1) is 5.92 Å². The normalized spacial score (nSPS) is 12.5. The summed E-state index contributed by atoms with van der Waals surface area (Å²) in [5, 5.41) is 18.2. The number of aliphatic hydroxyl groups excluding tert-OH is 1. The number of rotatable bonds is 20. The van der Waals surface area contributed by atoms with Crippen LogP contribution >= 0.6 is 0 Å². The Kier molecular flexibility index (Phi) is 19.7. The third kappa shape index (κ3) is 17.2. The highest BCUT2D eigenvalue weighted by molar-refractivity contribution is 5.72. The second-order valence-electron chi connectivity index (χ2n) is 7.90. The minimum absolute atomic E-state index is 0.384. The molecule has 0 bridgehead atoms. The van der Waals surface area contributed by atoms with Crippen molar-refractivity contribution in [2.75, 3.05) is 6.61 Å². The fourth-order valence-electron chi connectivity index (χ4n) is 3.43. The molecule has 0 heterocycles. The average molecular weight is 387 g/mol. The quantitative estimate of drug-likeness (QED) is 0.150. The van der Waals surface area contributed by atoms with Gasteiger partial charge in [-0.25, -0.2) is 0 Å². The number of carbonyl (C=O) groups excluding carboxylic acids is 1. The number of hydrogen-bond acceptors (Lipinski definition) is 4. The van der Waals surface area contributed by atoms with Gasteiger partial charge >= 0.3 is 5.97 Å². The van der Waals surface area contributed by atoms with Crippen molar-refractivity contribution in [2.45, 2.75) is 129 Å². The predicted molar refractivity (Wildman–Crippen MR) is 113 cm³/mol. The molecule has 4 nitrogen and oxygen atoms in total. The van der Waals surface area contributed by atoms with Crippen LogP contribution in [0.4, 0.5) is 0 Å². The van der Waals surface area contributed by atoms with Crippen LogP contribution in [0.15, 0.2) is 0 Å². The van der Waals surface area contributed by atoms with Crippen LogP contribution in [-0.4, -0.2) is 29.1 Å². The first-order valence-corrected chi connectivity index (χ1v) is 11.7. The van der Waals surface area contributed by atoms with E-state index in [0.29, 0.717) is 13.0 Å². The van der Waals surface area contributed by atoms with Gasteiger partial charge in [0.05, 0.1) is 6.61 Å². The molecule has 0 aliphatic carbocycles. The van der Waals surface area contributed by atoms with Crippen molar-refractivity contribution in [3.8, 4) is 0 Å². The summed E-state index contributed by atoms with van der Waals surface area (Å²) in [6.07, 6.45) is 19.8. The Morgan fingerprint density at radius 3 is 1.37 bits per heavy atom. The zero-order chi connectivity index (χ0) is 20.2. The van der Waals surface area contributed by atoms with E-state index in [2.05, 4.69) is 6.92 Å². The maximum atomic E-state index is 11.6. The van der Waals surface area contributed by atoms with Gasteiger partial charge in [-0.2, -0.15) is 0 Å². The molecule has 4 heteroatoms. The summed E-state index contributed by atoms with van der Waals surface area (Å²) in [7, 11) is 0. The molecule has 0 fully saturated rings. The largest absolute Gasteiger partial charge is 0.465 e. The summed E-state index contributed by atoms with van der Waals surface area (Å²) in [6.45, 7) is 4.41. The fraction of sp³-hybridized carbons (Fsp3) is 0.957. The maximum Gasteiger partial charge on any atom is 0.314 e. The number of unbranched alkanes of at least 4 members (excludes halogenated alkanes) is 15. The van der Waals surface area contributed by atoms with Gasteiger partial charge in [0, 0.05) is 0 Å². The highest BCUT2D eigenvalue weighted by atomic mass is 16.5. The Balaban J connectivity index is 3.22. The number of carbonyl (C=O) groups is 1. The highest BCUT2D eigenvalue weighted by Gasteiger charge is 2.24. The van der Waals surface area contributed by atoms with E-state index in [-0.39, 0.29) is 0 Å². The summed E-state index contributed by atoms with van der Waals surface area (Å²) in [5.74, 6) is -1.31. The summed E-state index contributed by atoms with van der Waals surface area (Å²) < 4.78 is 5.12. The fourth-order valence-corrected chi connectivity index (χ4v) is 3.43. The Morgan fingerprint density at radius 2 is 1.04 bits per heavy atom. The van der Waals surface area contributed by atoms with Crippen LogP contribution in [-0.2, 0) is 9.53 Å². The van der Waals surface area contributed by atoms with Crippen LogP contribution in [0.3, 0.4) is 0 Å². The summed E-state index contributed by atoms with van der Waals surface area (Å²) in [4.78, 5) is 11.6. The summed E-state index contributed by atoms with van der Waals surface area (Å²) >= 11 is 0. The van der Waals surface area contributed by atoms with Crippen molar-refractivity contribution in [2.24, 2.45) is 5.92 Å². The van der Waals surface area contributed by atoms with Crippen molar-refractivity contribution in [1.82, 2.24) is 0 Å². The van der Waals surface area contributed by atoms with E-state index in [4.69, 9.17) is 14.9 Å². The molecular formula is C23H46O4. The molecule has 2 N–H and O–H groups in total. The molecule has 0 rings (SSSR count). The molecule has 0 radical (unpaired) electrons. The zero-order valence-corrected chi connectivity index (χ0v) is 18.1. The molecule has 0 saturated carbocycles. The molecule has 27 heavy (non-hydrogen) atoms. The highest BCUT2D eigenvalue weighted by Crippen LogP contribution is 2.14. The number of aliphatic hydroxyl groups is 2. The lowest BCUT2D eigenvalue weighted by molar-refractivity contribution is -0.165. The number of ether oxygens (including phenoxy) is 1. The standard InChI is InChI=1S/C23H46O4/c1-3-5-6-7-8-9-10-11-12-13-14-15-16-17-18-19-20-27-23(26)21(4-2)22(24)25/h21-22,24-25H,3-20H2,1-2H3. The second-order valence-corrected chi connectivity index (χ2v) is 7.90. The van der Waals surface area contributed by atoms with Gasteiger partial charge < -0.3 is 14.9 Å². The first kappa shape index (κ1) is 26.4. The van der Waals surface area contributed by atoms with Gasteiger partial charge in [0.2, 0.25) is 0 Å². The molecule has 0 aliphatic rings. The molecular weight excluding hydrogens is 340 g/mol. The molecule has 0 aromatic heterocycles. The van der Waals surface area contributed by atoms with Gasteiger partial charge in [-0.15, -0.1) is 0 Å². The Labute approximate surface area is 168 Å². The topological polar surface area (TPSA) is 66.8 Å². The van der Waals surface area contributed by atoms with Crippen LogP contribution in [0.1, 0.15) is 123 Å². The van der Waals surface area contributed by atoms with E-state index >= 15 is 0 Å². The zero-order valence-electron chi connectivity index (χ0n) is 18.1. The van der Waals surface area contributed by atoms with Crippen LogP contribution in [0.5, 0.6) is 0 Å². The second kappa shape index (κ2) is 20.1. The lowest BCUT2D eigenvalue weighted by Gasteiger charge is -2.15. The summed E-state index contributed by atoms with van der Waals surface area (Å²) in [5.41, 5.74) is 0. The van der Waals surface area contributed by atoms with Crippen molar-refractivity contribution >= 4 is 5.97 Å². The van der Waals surface area contributed by atoms with Crippen LogP contribution in [0.25, 0.3) is 0 Å². The first-order chi connectivity index (χ1) is 13.1. The third-order valence-corrected chi connectivity index (χ3v) is 5.34. The van der Waals surface area contributed by atoms with Gasteiger partial charge in [-0.3, -0.25) is 4.79 Å². The molecule has 0 saturated heterocycles. The minimum Gasteiger partial charge on any atom is -0.465 e. The van der Waals surface area contributed by atoms with E-state index in [1.54, 1.807) is 6.92 Å². The Morgan fingerprint density at radius 1 is 0.667 bits per heavy atom. The van der Waals surface area contributed by atoms with Crippen molar-refractivity contribution < 1.29 is 19.7 Å². The number of hydrogen-bond donors (Lipinski definition) is 2. The van der Waals surface area contributed by atoms with Crippen LogP contribution < -0.4 is 0 Å². The Bertz CT molecular complexity index is 318. The molecule has 1 atom stereocenters. The van der Waals surface area contributed by atoms with Crippen molar-refractivity contribution in [3.63, 3.8) is 0 Å². The lowest BCUT2D eigenvalue weighted by Crippen LogP contribution is -2.29. The van der Waals surface area contributed by atoms with Crippen molar-refractivity contribution in [3.05, 3.63) is 0 Å². The summed E-state index contributed by atoms with van der Waals surface area (Å²) in [6, 6.07) is 0. The Hall–Kier alpha value is -0.610. The molecule has 0 amide bonds. The van der Waals surface area contributed by atoms with Crippen LogP contribution in [0.2, 0.25) is 0 Å². The first-order valence-electron chi connectivity index (χ1n) is 11.7. The average Bonchev–Trinajstić information content (AvgIpc) is 2.64. The number of esters is 1. The smallest absolute Gasteiger partial charge is 0.314 e. The van der Waals surface area contributed by atoms with Gasteiger partial charge in [-0.05, 0) is 12.8 Å². The van der Waals surface area contributed by atoms with E-state index in [9.17, 15) is 4.79 Å². The monoisotopic (exact) mass is 386 g/mol. The SMILES string of the molecule is CCCCCCCCCCCCCCCCCCOC(=O)C(CC)C(O)O. The predicted octanol–water partition coefficient (Wildman–Crippen LogP) is 6.13. The van der Waals surface area contributed by atoms with E-state index in [0.717, 1.165) is 12.8 Å². The van der Waals surface area contributed by atoms with E-state index in [1.807, 2.05) is 0 Å². The van der Waals surface area contributed by atoms with Crippen molar-refractivity contribution in [1.29, 1.82) is 0 Å². The van der Waals surface area contributed by atoms with Gasteiger partial charge in [0.15, 0.2) is 6.29 Å². The van der Waals surface area contributed by atoms with E-state index in [1.165, 1.54) is 89.9 Å². The lowest BCUT2D eigenvalue weighted by atomic mass is 10.0. The maximum absolute atomic E-state index is 11.6. The molecule has 0 aromatic rings. The van der Waals surface area contributed by atoms with Gasteiger partial charge in [0.1, 0.15) is 5.92 Å². The molecule has 0 aromatic carbocycles. The third-order valence-electron chi connectivity index (χ3n) is 5.34. The van der Waals surface area contributed by atoms with Gasteiger partial charge in [-0.1, -0.05) is 110 Å². The molecule has 0 aliphatic heterocycles. The van der Waals surface area contributed by atoms with Gasteiger partial charge in [0.25, 0.3) is 0 Å². The minimum atomic E-state index is -1.62. The molecule has 1 unspecified atom stereocenters.